The van der Waals surface area contributed by atoms with Crippen LogP contribution in [0.4, 0.5) is 0 Å². The highest BCUT2D eigenvalue weighted by molar-refractivity contribution is 8.00. The van der Waals surface area contributed by atoms with Gasteiger partial charge in [-0.2, -0.15) is 0 Å². The fourth-order valence-corrected chi connectivity index (χ4v) is 1.60. The molecule has 0 aliphatic rings. The van der Waals surface area contributed by atoms with Crippen molar-refractivity contribution in [2.45, 2.75) is 18.7 Å². The van der Waals surface area contributed by atoms with E-state index in [0.717, 1.165) is 10.5 Å². The van der Waals surface area contributed by atoms with Gasteiger partial charge in [0.05, 0.1) is 5.75 Å². The van der Waals surface area contributed by atoms with Gasteiger partial charge < -0.3 is 0 Å². The number of nitrogens with zero attached hydrogens (tertiary/aromatic N) is 1. The molecule has 2 nitrogen and oxygen atoms in total. The van der Waals surface area contributed by atoms with Gasteiger partial charge in [-0.15, -0.1) is 11.8 Å². The summed E-state index contributed by atoms with van der Waals surface area (Å²) in [6.07, 6.45) is 3.55. The van der Waals surface area contributed by atoms with Crippen molar-refractivity contribution in [1.29, 1.82) is 0 Å². The van der Waals surface area contributed by atoms with Crippen LogP contribution < -0.4 is 0 Å². The van der Waals surface area contributed by atoms with Crippen LogP contribution in [0.5, 0.6) is 0 Å². The van der Waals surface area contributed by atoms with E-state index >= 15 is 0 Å². The standard InChI is InChI=1S/C9H11NOS/c1-7-5-10-4-3-9(7)12-6-8(2)11/h3-5H,6H2,1-2H3. The Balaban J connectivity index is 2.63. The highest BCUT2D eigenvalue weighted by Gasteiger charge is 1.99. The topological polar surface area (TPSA) is 30.0 Å². The lowest BCUT2D eigenvalue weighted by molar-refractivity contribution is -0.114. The van der Waals surface area contributed by atoms with E-state index in [1.165, 1.54) is 0 Å². The maximum atomic E-state index is 10.7. The zero-order valence-electron chi connectivity index (χ0n) is 7.20. The second kappa shape index (κ2) is 4.26. The summed E-state index contributed by atoms with van der Waals surface area (Å²) in [6.45, 7) is 3.60. The number of aryl methyl sites for hydroxylation is 1. The van der Waals surface area contributed by atoms with Crippen molar-refractivity contribution in [3.8, 4) is 0 Å². The summed E-state index contributed by atoms with van der Waals surface area (Å²) < 4.78 is 0. The minimum atomic E-state index is 0.205. The second-order valence-corrected chi connectivity index (χ2v) is 3.65. The van der Waals surface area contributed by atoms with Crippen LogP contribution in [0.1, 0.15) is 12.5 Å². The molecular formula is C9H11NOS. The van der Waals surface area contributed by atoms with Crippen LogP contribution in [0.2, 0.25) is 0 Å². The fourth-order valence-electron chi connectivity index (χ4n) is 0.802. The molecule has 0 unspecified atom stereocenters. The van der Waals surface area contributed by atoms with Gasteiger partial charge in [-0.1, -0.05) is 0 Å². The third-order valence-electron chi connectivity index (χ3n) is 1.40. The van der Waals surface area contributed by atoms with Crippen molar-refractivity contribution in [3.05, 3.63) is 24.0 Å². The Kier molecular flexibility index (Phi) is 3.29. The van der Waals surface area contributed by atoms with E-state index in [4.69, 9.17) is 0 Å². The Bertz CT molecular complexity index is 286. The lowest BCUT2D eigenvalue weighted by Gasteiger charge is -2.01. The smallest absolute Gasteiger partial charge is 0.140 e. The first kappa shape index (κ1) is 9.26. The number of thioether (sulfide) groups is 1. The molecule has 0 fully saturated rings. The molecule has 64 valence electrons. The lowest BCUT2D eigenvalue weighted by atomic mass is 10.3. The number of carbonyl (C=O) groups excluding carboxylic acids is 1. The summed E-state index contributed by atoms with van der Waals surface area (Å²) in [5, 5.41) is 0. The van der Waals surface area contributed by atoms with Crippen molar-refractivity contribution in [2.75, 3.05) is 5.75 Å². The van der Waals surface area contributed by atoms with Gasteiger partial charge in [0.1, 0.15) is 5.78 Å². The Labute approximate surface area is 76.4 Å². The first-order valence-electron chi connectivity index (χ1n) is 3.73. The van der Waals surface area contributed by atoms with E-state index in [9.17, 15) is 4.79 Å². The van der Waals surface area contributed by atoms with Gasteiger partial charge in [-0.05, 0) is 25.5 Å². The zero-order chi connectivity index (χ0) is 8.97. The quantitative estimate of drug-likeness (QED) is 0.669. The summed E-state index contributed by atoms with van der Waals surface area (Å²) >= 11 is 1.57. The summed E-state index contributed by atoms with van der Waals surface area (Å²) in [6, 6.07) is 1.93. The molecule has 0 aliphatic heterocycles. The van der Waals surface area contributed by atoms with E-state index < -0.39 is 0 Å². The van der Waals surface area contributed by atoms with Crippen LogP contribution >= 0.6 is 11.8 Å². The maximum Gasteiger partial charge on any atom is 0.140 e. The molecule has 0 aliphatic carbocycles. The third-order valence-corrected chi connectivity index (χ3v) is 2.72. The van der Waals surface area contributed by atoms with Crippen LogP contribution in [0.25, 0.3) is 0 Å². The Morgan fingerprint density at radius 3 is 3.00 bits per heavy atom. The number of carbonyl (C=O) groups is 1. The largest absolute Gasteiger partial charge is 0.299 e. The highest BCUT2D eigenvalue weighted by Crippen LogP contribution is 2.20. The van der Waals surface area contributed by atoms with E-state index in [1.807, 2.05) is 19.2 Å². The first-order valence-corrected chi connectivity index (χ1v) is 4.71. The van der Waals surface area contributed by atoms with Gasteiger partial charge >= 0.3 is 0 Å². The maximum absolute atomic E-state index is 10.7. The summed E-state index contributed by atoms with van der Waals surface area (Å²) in [5.74, 6) is 0.751. The van der Waals surface area contributed by atoms with E-state index in [1.54, 1.807) is 24.9 Å². The van der Waals surface area contributed by atoms with Gasteiger partial charge in [0, 0.05) is 17.3 Å². The molecule has 0 spiro atoms. The third kappa shape index (κ3) is 2.66. The Hall–Kier alpha value is -0.830. The Morgan fingerprint density at radius 1 is 1.67 bits per heavy atom. The van der Waals surface area contributed by atoms with Crippen LogP contribution in [0.3, 0.4) is 0 Å². The molecule has 0 saturated heterocycles. The molecule has 1 aromatic heterocycles. The molecule has 0 atom stereocenters. The van der Waals surface area contributed by atoms with Crippen molar-refractivity contribution in [1.82, 2.24) is 4.98 Å². The molecule has 0 radical (unpaired) electrons. The molecule has 0 saturated carbocycles. The first-order chi connectivity index (χ1) is 5.70. The number of hydrogen-bond acceptors (Lipinski definition) is 3. The van der Waals surface area contributed by atoms with Gasteiger partial charge in [0.15, 0.2) is 0 Å². The van der Waals surface area contributed by atoms with Crippen LogP contribution in [0.15, 0.2) is 23.4 Å². The highest BCUT2D eigenvalue weighted by atomic mass is 32.2. The van der Waals surface area contributed by atoms with Gasteiger partial charge in [0.2, 0.25) is 0 Å². The van der Waals surface area contributed by atoms with Crippen LogP contribution in [-0.4, -0.2) is 16.5 Å². The number of ketones is 1. The van der Waals surface area contributed by atoms with Crippen molar-refractivity contribution in [3.63, 3.8) is 0 Å². The average molecular weight is 181 g/mol. The molecule has 0 bridgehead atoms. The van der Waals surface area contributed by atoms with Crippen LogP contribution in [0, 0.1) is 6.92 Å². The van der Waals surface area contributed by atoms with Gasteiger partial charge in [-0.3, -0.25) is 9.78 Å². The predicted molar refractivity (Wildman–Crippen MR) is 50.4 cm³/mol. The molecule has 12 heavy (non-hydrogen) atoms. The molecule has 3 heteroatoms. The minimum Gasteiger partial charge on any atom is -0.299 e. The second-order valence-electron chi connectivity index (χ2n) is 2.63. The Morgan fingerprint density at radius 2 is 2.42 bits per heavy atom. The molecule has 0 amide bonds. The van der Waals surface area contributed by atoms with Crippen molar-refractivity contribution < 1.29 is 4.79 Å². The number of rotatable bonds is 3. The number of aromatic nitrogens is 1. The van der Waals surface area contributed by atoms with Crippen molar-refractivity contribution >= 4 is 17.5 Å². The molecule has 1 heterocycles. The number of pyridine rings is 1. The van der Waals surface area contributed by atoms with Gasteiger partial charge in [0.25, 0.3) is 0 Å². The zero-order valence-corrected chi connectivity index (χ0v) is 8.02. The number of Topliss-reactive ketones (excluding diaryl/α,β-unsaturated/α-hetero) is 1. The molecule has 0 aromatic carbocycles. The van der Waals surface area contributed by atoms with Crippen LogP contribution in [-0.2, 0) is 4.79 Å². The molecule has 1 aromatic rings. The average Bonchev–Trinajstić information content (AvgIpc) is 2.03. The molecule has 1 rings (SSSR count). The number of hydrogen-bond donors (Lipinski definition) is 0. The predicted octanol–water partition coefficient (Wildman–Crippen LogP) is 2.07. The summed E-state index contributed by atoms with van der Waals surface area (Å²) in [4.78, 5) is 15.8. The monoisotopic (exact) mass is 181 g/mol. The fraction of sp³-hybridized carbons (Fsp3) is 0.333. The lowest BCUT2D eigenvalue weighted by Crippen LogP contribution is -1.93. The van der Waals surface area contributed by atoms with E-state index in [2.05, 4.69) is 4.98 Å². The van der Waals surface area contributed by atoms with Crippen molar-refractivity contribution in [2.24, 2.45) is 0 Å². The normalized spacial score (nSPS) is 9.83. The summed E-state index contributed by atoms with van der Waals surface area (Å²) in [5.41, 5.74) is 1.13. The molecular weight excluding hydrogens is 170 g/mol. The minimum absolute atomic E-state index is 0.205. The SMILES string of the molecule is CC(=O)CSc1ccncc1C. The van der Waals surface area contributed by atoms with E-state index in [-0.39, 0.29) is 5.78 Å². The molecule has 0 N–H and O–H groups in total. The van der Waals surface area contributed by atoms with Gasteiger partial charge in [-0.25, -0.2) is 0 Å². The van der Waals surface area contributed by atoms with E-state index in [0.29, 0.717) is 5.75 Å². The summed E-state index contributed by atoms with van der Waals surface area (Å²) in [7, 11) is 0.